The number of likely N-dealkylation sites (tertiary alicyclic amines) is 1. The molecule has 3 heterocycles. The van der Waals surface area contributed by atoms with Gasteiger partial charge in [-0.05, 0) is 56.6 Å². The molecule has 6 rings (SSSR count). The minimum absolute atomic E-state index is 0.132. The zero-order valence-corrected chi connectivity index (χ0v) is 24.0. The van der Waals surface area contributed by atoms with Crippen LogP contribution in [0.1, 0.15) is 93.2 Å². The van der Waals surface area contributed by atoms with Crippen LogP contribution in [-0.2, 0) is 9.59 Å². The number of β-amino-alcohol motifs (C(OH)–C–C–N with tert-alkyl or cyclic N) is 1. The van der Waals surface area contributed by atoms with Gasteiger partial charge in [0.05, 0.1) is 33.9 Å². The third kappa shape index (κ3) is 5.56. The summed E-state index contributed by atoms with van der Waals surface area (Å²) in [5.74, 6) is 0.229. The molecule has 1 saturated heterocycles. The quantitative estimate of drug-likeness (QED) is 0.417. The summed E-state index contributed by atoms with van der Waals surface area (Å²) in [6.45, 7) is 4.10. The number of benzene rings is 1. The number of rotatable bonds is 8. The average Bonchev–Trinajstić information content (AvgIpc) is 3.33. The lowest BCUT2D eigenvalue weighted by molar-refractivity contribution is -0.143. The number of amides is 2. The number of carbonyl (C=O) groups excluding carboxylic acids is 2. The zero-order chi connectivity index (χ0) is 27.8. The number of hydrogen-bond acceptors (Lipinski definition) is 7. The minimum atomic E-state index is -0.735. The second-order valence-electron chi connectivity index (χ2n) is 11.8. The van der Waals surface area contributed by atoms with Crippen LogP contribution in [0.3, 0.4) is 0 Å². The second-order valence-corrected chi connectivity index (χ2v) is 12.6. The molecule has 0 radical (unpaired) electrons. The number of carbonyl (C=O) groups is 2. The topological polar surface area (TPSA) is 113 Å². The van der Waals surface area contributed by atoms with Crippen molar-refractivity contribution in [2.45, 2.75) is 95.4 Å². The van der Waals surface area contributed by atoms with Crippen LogP contribution >= 0.6 is 11.3 Å². The fourth-order valence-electron chi connectivity index (χ4n) is 6.34. The van der Waals surface area contributed by atoms with E-state index in [4.69, 9.17) is 0 Å². The fourth-order valence-corrected chi connectivity index (χ4v) is 7.16. The van der Waals surface area contributed by atoms with E-state index in [2.05, 4.69) is 32.7 Å². The summed E-state index contributed by atoms with van der Waals surface area (Å²) in [6, 6.07) is 6.68. The molecule has 3 fully saturated rings. The summed E-state index contributed by atoms with van der Waals surface area (Å²) in [5.41, 5.74) is 5.88. The largest absolute Gasteiger partial charge is 0.391 e. The highest BCUT2D eigenvalue weighted by molar-refractivity contribution is 7.13. The maximum atomic E-state index is 14.2. The Bertz CT molecular complexity index is 1340. The Morgan fingerprint density at radius 1 is 1.10 bits per heavy atom. The summed E-state index contributed by atoms with van der Waals surface area (Å²) in [7, 11) is 0. The molecule has 1 aliphatic heterocycles. The maximum Gasteiger partial charge on any atom is 0.248 e. The van der Waals surface area contributed by atoms with E-state index in [1.165, 1.54) is 6.42 Å². The number of nitrogens with zero attached hydrogens (tertiary/aromatic N) is 5. The van der Waals surface area contributed by atoms with Gasteiger partial charge in [-0.3, -0.25) is 9.59 Å². The number of aromatic nitrogens is 4. The van der Waals surface area contributed by atoms with E-state index in [1.54, 1.807) is 20.9 Å². The van der Waals surface area contributed by atoms with Crippen LogP contribution in [0.4, 0.5) is 0 Å². The number of aliphatic hydroxyl groups is 1. The summed E-state index contributed by atoms with van der Waals surface area (Å²) in [6.07, 6.45) is 8.94. The van der Waals surface area contributed by atoms with E-state index in [0.717, 1.165) is 65.9 Å². The molecule has 0 spiro atoms. The van der Waals surface area contributed by atoms with Crippen molar-refractivity contribution in [3.63, 3.8) is 0 Å². The number of nitrogens with one attached hydrogen (secondary N) is 1. The molecule has 9 nitrogen and oxygen atoms in total. The van der Waals surface area contributed by atoms with E-state index in [9.17, 15) is 14.7 Å². The highest BCUT2D eigenvalue weighted by Gasteiger charge is 2.44. The third-order valence-electron chi connectivity index (χ3n) is 8.80. The van der Waals surface area contributed by atoms with Crippen molar-refractivity contribution < 1.29 is 14.7 Å². The van der Waals surface area contributed by atoms with Gasteiger partial charge >= 0.3 is 0 Å². The molecule has 2 saturated carbocycles. The molecule has 10 heteroatoms. The predicted molar refractivity (Wildman–Crippen MR) is 153 cm³/mol. The molecule has 0 bridgehead atoms. The summed E-state index contributed by atoms with van der Waals surface area (Å²) >= 11 is 1.61. The molecule has 2 aliphatic carbocycles. The number of aryl methyl sites for hydroxylation is 1. The van der Waals surface area contributed by atoms with Crippen LogP contribution in [0.15, 0.2) is 36.0 Å². The molecule has 1 aromatic carbocycles. The Labute approximate surface area is 239 Å². The van der Waals surface area contributed by atoms with Gasteiger partial charge in [-0.2, -0.15) is 0 Å². The predicted octanol–water partition coefficient (Wildman–Crippen LogP) is 4.55. The molecule has 2 unspecified atom stereocenters. The van der Waals surface area contributed by atoms with Crippen LogP contribution in [0.25, 0.3) is 10.4 Å². The second kappa shape index (κ2) is 11.4. The molecule has 4 atom stereocenters. The van der Waals surface area contributed by atoms with E-state index in [1.807, 2.05) is 37.7 Å². The van der Waals surface area contributed by atoms with Gasteiger partial charge in [0.1, 0.15) is 12.1 Å². The molecule has 3 aliphatic rings. The first-order valence-corrected chi connectivity index (χ1v) is 15.5. The van der Waals surface area contributed by atoms with Crippen LogP contribution in [0.5, 0.6) is 0 Å². The first kappa shape index (κ1) is 27.1. The third-order valence-corrected chi connectivity index (χ3v) is 9.78. The van der Waals surface area contributed by atoms with Crippen molar-refractivity contribution in [2.75, 3.05) is 6.54 Å². The molecular formula is C30H38N6O3S. The van der Waals surface area contributed by atoms with Crippen LogP contribution in [0, 0.1) is 12.8 Å². The Hall–Kier alpha value is -3.11. The standard InChI is InChI=1S/C30H38N6O3S/c1-18(20-8-12-23(13-9-20)28-19(2)31-17-40-28)32-29(38)26-14-24(37)15-35(26)30(39)27(22-6-4-3-5-7-22)36-16-25(33-34-36)21-10-11-21/h8-9,12-13,16-18,21-22,24,26-27,37H,3-7,10-11,14-15H2,1-2H3,(H,32,38)/t18?,24-,26+,27?/m1/s1. The molecule has 3 aromatic rings. The lowest BCUT2D eigenvalue weighted by atomic mass is 9.83. The number of hydrogen-bond donors (Lipinski definition) is 2. The van der Waals surface area contributed by atoms with Crippen molar-refractivity contribution in [2.24, 2.45) is 5.92 Å². The summed E-state index contributed by atoms with van der Waals surface area (Å²) in [5, 5.41) is 22.5. The molecule has 40 heavy (non-hydrogen) atoms. The monoisotopic (exact) mass is 562 g/mol. The van der Waals surface area contributed by atoms with Crippen molar-refractivity contribution in [1.82, 2.24) is 30.2 Å². The van der Waals surface area contributed by atoms with Gasteiger partial charge < -0.3 is 15.3 Å². The van der Waals surface area contributed by atoms with Gasteiger partial charge in [0.2, 0.25) is 11.8 Å². The summed E-state index contributed by atoms with van der Waals surface area (Å²) < 4.78 is 1.75. The highest BCUT2D eigenvalue weighted by atomic mass is 32.1. The Kier molecular flexibility index (Phi) is 7.72. The van der Waals surface area contributed by atoms with Crippen molar-refractivity contribution in [1.29, 1.82) is 0 Å². The van der Waals surface area contributed by atoms with Gasteiger partial charge in [0.15, 0.2) is 0 Å². The van der Waals surface area contributed by atoms with Gasteiger partial charge in [0.25, 0.3) is 0 Å². The Morgan fingerprint density at radius 2 is 1.85 bits per heavy atom. The normalized spacial score (nSPS) is 23.2. The lowest BCUT2D eigenvalue weighted by Gasteiger charge is -2.34. The van der Waals surface area contributed by atoms with Gasteiger partial charge in [-0.15, -0.1) is 16.4 Å². The van der Waals surface area contributed by atoms with E-state index in [0.29, 0.717) is 5.92 Å². The van der Waals surface area contributed by atoms with Crippen LogP contribution in [-0.4, -0.2) is 60.5 Å². The smallest absolute Gasteiger partial charge is 0.248 e. The first-order valence-electron chi connectivity index (χ1n) is 14.6. The summed E-state index contributed by atoms with van der Waals surface area (Å²) in [4.78, 5) is 34.8. The van der Waals surface area contributed by atoms with Crippen LogP contribution in [0.2, 0.25) is 0 Å². The first-order chi connectivity index (χ1) is 19.4. The molecule has 2 aromatic heterocycles. The van der Waals surface area contributed by atoms with E-state index in [-0.39, 0.29) is 36.7 Å². The van der Waals surface area contributed by atoms with Crippen molar-refractivity contribution >= 4 is 23.2 Å². The molecular weight excluding hydrogens is 524 g/mol. The zero-order valence-electron chi connectivity index (χ0n) is 23.2. The Morgan fingerprint density at radius 3 is 2.52 bits per heavy atom. The molecule has 2 N–H and O–H groups in total. The van der Waals surface area contributed by atoms with Crippen molar-refractivity contribution in [3.05, 3.63) is 52.9 Å². The highest BCUT2D eigenvalue weighted by Crippen LogP contribution is 2.40. The minimum Gasteiger partial charge on any atom is -0.391 e. The average molecular weight is 563 g/mol. The van der Waals surface area contributed by atoms with Gasteiger partial charge in [0, 0.05) is 25.1 Å². The number of thiazole rings is 1. The van der Waals surface area contributed by atoms with Crippen LogP contribution < -0.4 is 5.32 Å². The number of aliphatic hydroxyl groups excluding tert-OH is 1. The fraction of sp³-hybridized carbons (Fsp3) is 0.567. The lowest BCUT2D eigenvalue weighted by Crippen LogP contribution is -2.50. The maximum absolute atomic E-state index is 14.2. The van der Waals surface area contributed by atoms with Crippen molar-refractivity contribution in [3.8, 4) is 10.4 Å². The molecule has 212 valence electrons. The van der Waals surface area contributed by atoms with E-state index < -0.39 is 18.2 Å². The van der Waals surface area contributed by atoms with Gasteiger partial charge in [-0.25, -0.2) is 9.67 Å². The molecule has 2 amide bonds. The van der Waals surface area contributed by atoms with E-state index >= 15 is 0 Å². The SMILES string of the molecule is Cc1ncsc1-c1ccc(C(C)NC(=O)[C@@H]2C[C@@H](O)CN2C(=O)C(C2CCCCC2)n2cc(C3CC3)nn2)cc1. The van der Waals surface area contributed by atoms with Gasteiger partial charge in [-0.1, -0.05) is 48.7 Å². The Balaban J connectivity index is 1.18.